The van der Waals surface area contributed by atoms with Crippen molar-refractivity contribution < 1.29 is 9.59 Å². The van der Waals surface area contributed by atoms with Crippen LogP contribution in [-0.2, 0) is 4.79 Å². The molecular weight excluding hydrogens is 280 g/mol. The highest BCUT2D eigenvalue weighted by Gasteiger charge is 2.08. The van der Waals surface area contributed by atoms with Crippen molar-refractivity contribution in [2.45, 2.75) is 0 Å². The van der Waals surface area contributed by atoms with Gasteiger partial charge in [-0.1, -0.05) is 29.8 Å². The van der Waals surface area contributed by atoms with Crippen LogP contribution >= 0.6 is 11.6 Å². The SMILES string of the molecule is O=C(CNC(=O)c1ccccc1)Nc1cnc(Cl)cn1. The Hall–Kier alpha value is -2.47. The largest absolute Gasteiger partial charge is 0.343 e. The lowest BCUT2D eigenvalue weighted by atomic mass is 10.2. The number of anilines is 1. The van der Waals surface area contributed by atoms with E-state index in [1.165, 1.54) is 12.4 Å². The molecule has 0 atom stereocenters. The molecule has 0 aliphatic carbocycles. The Kier molecular flexibility index (Phi) is 4.62. The quantitative estimate of drug-likeness (QED) is 0.894. The first kappa shape index (κ1) is 14.0. The minimum atomic E-state index is -0.397. The van der Waals surface area contributed by atoms with Crippen molar-refractivity contribution in [3.8, 4) is 0 Å². The van der Waals surface area contributed by atoms with Crippen LogP contribution in [0.1, 0.15) is 10.4 Å². The number of carbonyl (C=O) groups is 2. The van der Waals surface area contributed by atoms with Gasteiger partial charge in [-0.15, -0.1) is 0 Å². The van der Waals surface area contributed by atoms with Gasteiger partial charge >= 0.3 is 0 Å². The van der Waals surface area contributed by atoms with E-state index in [4.69, 9.17) is 11.6 Å². The highest BCUT2D eigenvalue weighted by molar-refractivity contribution is 6.29. The molecule has 0 aliphatic rings. The summed E-state index contributed by atoms with van der Waals surface area (Å²) in [6, 6.07) is 8.63. The summed E-state index contributed by atoms with van der Waals surface area (Å²) in [7, 11) is 0. The van der Waals surface area contributed by atoms with E-state index in [0.29, 0.717) is 5.56 Å². The summed E-state index contributed by atoms with van der Waals surface area (Å²) in [5.74, 6) is -0.442. The second-order valence-corrected chi connectivity index (χ2v) is 4.21. The summed E-state index contributed by atoms with van der Waals surface area (Å²) < 4.78 is 0. The van der Waals surface area contributed by atoms with E-state index >= 15 is 0 Å². The van der Waals surface area contributed by atoms with Gasteiger partial charge in [0.05, 0.1) is 18.9 Å². The van der Waals surface area contributed by atoms with Crippen LogP contribution in [0.2, 0.25) is 5.15 Å². The third-order valence-corrected chi connectivity index (χ3v) is 2.53. The Balaban J connectivity index is 1.83. The first-order valence-corrected chi connectivity index (χ1v) is 6.13. The smallest absolute Gasteiger partial charge is 0.251 e. The molecule has 1 aromatic carbocycles. The molecule has 1 aromatic heterocycles. The molecule has 0 unspecified atom stereocenters. The molecule has 2 N–H and O–H groups in total. The van der Waals surface area contributed by atoms with Crippen LogP contribution in [0.4, 0.5) is 5.82 Å². The number of nitrogens with one attached hydrogen (secondary N) is 2. The zero-order chi connectivity index (χ0) is 14.4. The van der Waals surface area contributed by atoms with Crippen LogP contribution in [-0.4, -0.2) is 28.3 Å². The molecule has 20 heavy (non-hydrogen) atoms. The second kappa shape index (κ2) is 6.63. The fraction of sp³-hybridized carbons (Fsp3) is 0.0769. The number of rotatable bonds is 4. The van der Waals surface area contributed by atoms with E-state index in [-0.39, 0.29) is 23.4 Å². The van der Waals surface area contributed by atoms with Gasteiger partial charge in [0.25, 0.3) is 5.91 Å². The number of benzene rings is 1. The van der Waals surface area contributed by atoms with E-state index in [9.17, 15) is 9.59 Å². The van der Waals surface area contributed by atoms with Gasteiger partial charge in [0.1, 0.15) is 5.15 Å². The summed E-state index contributed by atoms with van der Waals surface area (Å²) in [6.45, 7) is -0.155. The normalized spacial score (nSPS) is 9.85. The van der Waals surface area contributed by atoms with E-state index in [2.05, 4.69) is 20.6 Å². The first-order chi connectivity index (χ1) is 9.65. The van der Waals surface area contributed by atoms with Crippen LogP contribution < -0.4 is 10.6 Å². The Morgan fingerprint density at radius 2 is 1.85 bits per heavy atom. The average molecular weight is 291 g/mol. The highest BCUT2D eigenvalue weighted by atomic mass is 35.5. The Labute approximate surface area is 120 Å². The number of hydrogen-bond acceptors (Lipinski definition) is 4. The van der Waals surface area contributed by atoms with E-state index < -0.39 is 5.91 Å². The Morgan fingerprint density at radius 1 is 1.10 bits per heavy atom. The molecule has 2 rings (SSSR count). The van der Waals surface area contributed by atoms with Gasteiger partial charge in [-0.3, -0.25) is 9.59 Å². The molecule has 0 aliphatic heterocycles. The summed E-state index contributed by atoms with van der Waals surface area (Å²) in [5.41, 5.74) is 0.492. The van der Waals surface area contributed by atoms with Gasteiger partial charge in [-0.05, 0) is 12.1 Å². The molecule has 0 radical (unpaired) electrons. The molecule has 102 valence electrons. The Morgan fingerprint density at radius 3 is 2.50 bits per heavy atom. The minimum Gasteiger partial charge on any atom is -0.343 e. The summed E-state index contributed by atoms with van der Waals surface area (Å²) in [6.07, 6.45) is 2.65. The topological polar surface area (TPSA) is 84.0 Å². The zero-order valence-electron chi connectivity index (χ0n) is 10.3. The van der Waals surface area contributed by atoms with Crippen molar-refractivity contribution in [3.05, 3.63) is 53.4 Å². The summed E-state index contributed by atoms with van der Waals surface area (Å²) in [4.78, 5) is 31.0. The molecular formula is C13H11ClN4O2. The summed E-state index contributed by atoms with van der Waals surface area (Å²) >= 11 is 5.58. The molecule has 0 bridgehead atoms. The van der Waals surface area contributed by atoms with Crippen molar-refractivity contribution in [2.75, 3.05) is 11.9 Å². The molecule has 0 fully saturated rings. The Bertz CT molecular complexity index is 602. The predicted molar refractivity (Wildman–Crippen MR) is 74.4 cm³/mol. The fourth-order valence-corrected chi connectivity index (χ4v) is 1.51. The van der Waals surface area contributed by atoms with Gasteiger partial charge in [-0.2, -0.15) is 0 Å². The van der Waals surface area contributed by atoms with Gasteiger partial charge < -0.3 is 10.6 Å². The number of aromatic nitrogens is 2. The number of carbonyl (C=O) groups excluding carboxylic acids is 2. The van der Waals surface area contributed by atoms with Crippen LogP contribution in [0.15, 0.2) is 42.7 Å². The maximum absolute atomic E-state index is 11.7. The first-order valence-electron chi connectivity index (χ1n) is 5.76. The van der Waals surface area contributed by atoms with Crippen LogP contribution in [0, 0.1) is 0 Å². The van der Waals surface area contributed by atoms with Crippen molar-refractivity contribution in [1.29, 1.82) is 0 Å². The van der Waals surface area contributed by atoms with Crippen molar-refractivity contribution in [1.82, 2.24) is 15.3 Å². The molecule has 0 saturated carbocycles. The molecule has 7 heteroatoms. The maximum atomic E-state index is 11.7. The summed E-state index contributed by atoms with van der Waals surface area (Å²) in [5, 5.41) is 5.23. The van der Waals surface area contributed by atoms with Crippen molar-refractivity contribution in [3.63, 3.8) is 0 Å². The van der Waals surface area contributed by atoms with Crippen LogP contribution in [0.25, 0.3) is 0 Å². The zero-order valence-corrected chi connectivity index (χ0v) is 11.1. The highest BCUT2D eigenvalue weighted by Crippen LogP contribution is 2.04. The lowest BCUT2D eigenvalue weighted by Gasteiger charge is -2.06. The third kappa shape index (κ3) is 4.03. The molecule has 2 amide bonds. The van der Waals surface area contributed by atoms with Gasteiger partial charge in [0.15, 0.2) is 5.82 Å². The molecule has 1 heterocycles. The van der Waals surface area contributed by atoms with Crippen LogP contribution in [0.3, 0.4) is 0 Å². The number of hydrogen-bond donors (Lipinski definition) is 2. The fourth-order valence-electron chi connectivity index (χ4n) is 1.42. The van der Waals surface area contributed by atoms with E-state index in [1.807, 2.05) is 6.07 Å². The monoisotopic (exact) mass is 290 g/mol. The van der Waals surface area contributed by atoms with Gasteiger partial charge in [0.2, 0.25) is 5.91 Å². The number of halogens is 1. The molecule has 0 saturated heterocycles. The third-order valence-electron chi connectivity index (χ3n) is 2.33. The van der Waals surface area contributed by atoms with E-state index in [1.54, 1.807) is 24.3 Å². The lowest BCUT2D eigenvalue weighted by Crippen LogP contribution is -2.33. The van der Waals surface area contributed by atoms with Gasteiger partial charge in [-0.25, -0.2) is 9.97 Å². The standard InChI is InChI=1S/C13H11ClN4O2/c14-10-6-16-11(7-15-10)18-12(19)8-17-13(20)9-4-2-1-3-5-9/h1-7H,8H2,(H,17,20)(H,16,18,19). The van der Waals surface area contributed by atoms with E-state index in [0.717, 1.165) is 0 Å². The van der Waals surface area contributed by atoms with Gasteiger partial charge in [0, 0.05) is 5.56 Å². The average Bonchev–Trinajstić information content (AvgIpc) is 2.48. The van der Waals surface area contributed by atoms with Crippen molar-refractivity contribution in [2.24, 2.45) is 0 Å². The van der Waals surface area contributed by atoms with Crippen molar-refractivity contribution >= 4 is 29.2 Å². The number of nitrogens with zero attached hydrogens (tertiary/aromatic N) is 2. The van der Waals surface area contributed by atoms with Crippen LogP contribution in [0.5, 0.6) is 0 Å². The molecule has 0 spiro atoms. The molecule has 6 nitrogen and oxygen atoms in total. The maximum Gasteiger partial charge on any atom is 0.251 e. The minimum absolute atomic E-state index is 0.155. The second-order valence-electron chi connectivity index (χ2n) is 3.82. The number of amides is 2. The molecule has 2 aromatic rings. The lowest BCUT2D eigenvalue weighted by molar-refractivity contribution is -0.115. The predicted octanol–water partition coefficient (Wildman–Crippen LogP) is 1.50.